The van der Waals surface area contributed by atoms with Gasteiger partial charge in [0.15, 0.2) is 0 Å². The predicted molar refractivity (Wildman–Crippen MR) is 131 cm³/mol. The van der Waals surface area contributed by atoms with E-state index in [4.69, 9.17) is 21.6 Å². The monoisotopic (exact) mass is 545 g/mol. The van der Waals surface area contributed by atoms with Crippen LogP contribution < -0.4 is 10.6 Å². The van der Waals surface area contributed by atoms with Gasteiger partial charge in [0.1, 0.15) is 0 Å². The van der Waals surface area contributed by atoms with Gasteiger partial charge in [-0.2, -0.15) is 0 Å². The Morgan fingerprint density at radius 1 is 0.967 bits per heavy atom. The van der Waals surface area contributed by atoms with Gasteiger partial charge in [0.05, 0.1) is 0 Å². The van der Waals surface area contributed by atoms with E-state index in [1.165, 1.54) is 0 Å². The molecule has 0 bridgehead atoms. The maximum Gasteiger partial charge on any atom is -0.147 e. The van der Waals surface area contributed by atoms with Crippen molar-refractivity contribution in [1.82, 2.24) is 16.1 Å². The molecule has 0 spiro atoms. The number of benzene rings is 2. The largest absolute Gasteiger partial charge is 0.344 e. The number of hydrogen-bond donors (Lipinski definition) is 1. The van der Waals surface area contributed by atoms with Gasteiger partial charge in [-0.15, -0.1) is 12.4 Å². The Labute approximate surface area is 202 Å². The molecule has 3 nitrogen and oxygen atoms in total. The Bertz CT molecular complexity index is 1210. The van der Waals surface area contributed by atoms with Crippen molar-refractivity contribution in [2.45, 2.75) is 19.8 Å². The van der Waals surface area contributed by atoms with Crippen LogP contribution in [0.15, 0.2) is 65.6 Å². The molecule has 0 saturated heterocycles. The van der Waals surface area contributed by atoms with E-state index in [2.05, 4.69) is 66.7 Å². The summed E-state index contributed by atoms with van der Waals surface area (Å²) >= 11 is 10.6. The van der Waals surface area contributed by atoms with Gasteiger partial charge in [0.25, 0.3) is 0 Å². The Hall–Kier alpha value is -1.46. The number of aromatic nitrogens is 2. The van der Waals surface area contributed by atoms with Crippen LogP contribution in [-0.2, 0) is 15.0 Å². The van der Waals surface area contributed by atoms with E-state index < -0.39 is 0 Å². The maximum absolute atomic E-state index is 6.38. The van der Waals surface area contributed by atoms with Crippen molar-refractivity contribution < 1.29 is 15.0 Å². The molecule has 158 valence electrons. The fourth-order valence-electron chi connectivity index (χ4n) is 2.96. The second-order valence-electron chi connectivity index (χ2n) is 6.80. The summed E-state index contributed by atoms with van der Waals surface area (Å²) in [4.78, 5) is 9.83. The van der Waals surface area contributed by atoms with E-state index in [1.807, 2.05) is 24.3 Å². The van der Waals surface area contributed by atoms with Crippen LogP contribution in [0.3, 0.4) is 0 Å². The van der Waals surface area contributed by atoms with Crippen molar-refractivity contribution in [3.63, 3.8) is 0 Å². The summed E-state index contributed by atoms with van der Waals surface area (Å²) < 4.78 is 2.93. The molecule has 0 atom stereocenters. The molecule has 0 aliphatic rings. The van der Waals surface area contributed by atoms with Crippen molar-refractivity contribution in [3.05, 3.63) is 82.1 Å². The molecule has 4 aromatic rings. The summed E-state index contributed by atoms with van der Waals surface area (Å²) in [6.45, 7) is 8.58. The third-order valence-corrected chi connectivity index (χ3v) is 7.45. The van der Waals surface area contributed by atoms with Crippen molar-refractivity contribution in [2.24, 2.45) is 0 Å². The maximum atomic E-state index is 6.38. The molecule has 30 heavy (non-hydrogen) atoms. The molecular weight excluding hydrogens is 525 g/mol. The predicted octanol–water partition coefficient (Wildman–Crippen LogP) is 7.28. The Balaban J connectivity index is 0.00000160. The quantitative estimate of drug-likeness (QED) is 0.216. The zero-order chi connectivity index (χ0) is 19.8. The fourth-order valence-corrected chi connectivity index (χ4v) is 5.12. The van der Waals surface area contributed by atoms with E-state index in [0.717, 1.165) is 51.6 Å². The minimum Gasteiger partial charge on any atom is -0.344 e. The second kappa shape index (κ2) is 10.2. The number of fused-ring (bicyclic) bond motifs is 3. The number of hydrogen-bond acceptors (Lipinski definition) is 3. The zero-order valence-corrected chi connectivity index (χ0v) is 20.9. The molecular formula is C23H22BrCl2FeN3. The van der Waals surface area contributed by atoms with Crippen LogP contribution in [0.5, 0.6) is 0 Å². The minimum absolute atomic E-state index is 0. The first kappa shape index (κ1) is 24.8. The van der Waals surface area contributed by atoms with E-state index in [1.54, 1.807) is 0 Å². The van der Waals surface area contributed by atoms with Crippen LogP contribution in [0.2, 0.25) is 5.02 Å². The number of nitrogens with zero attached hydrogens (tertiary/aromatic N) is 2. The number of rotatable bonds is 4. The molecule has 2 heterocycles. The van der Waals surface area contributed by atoms with Gasteiger partial charge < -0.3 is 6.15 Å². The average Bonchev–Trinajstić information content (AvgIpc) is 2.69. The average molecular weight is 547 g/mol. The third-order valence-electron chi connectivity index (χ3n) is 4.49. The van der Waals surface area contributed by atoms with E-state index in [0.29, 0.717) is 20.9 Å². The van der Waals surface area contributed by atoms with Crippen LogP contribution in [0, 0.1) is 0 Å². The molecule has 0 radical (unpaired) electrons. The SMILES string of the molecule is C=[C]([Fe][c]1c(Cl)cccc1Br)c1ccc2ccc3ccc(C(C)C)nc3c2n1.Cl.N. The van der Waals surface area contributed by atoms with Crippen LogP contribution in [0.4, 0.5) is 0 Å². The molecule has 0 aliphatic heterocycles. The summed E-state index contributed by atoms with van der Waals surface area (Å²) in [6, 6.07) is 18.3. The Kier molecular flexibility index (Phi) is 8.46. The molecule has 7 heteroatoms. The minimum atomic E-state index is 0. The van der Waals surface area contributed by atoms with Crippen LogP contribution >= 0.6 is 39.9 Å². The van der Waals surface area contributed by atoms with Gasteiger partial charge in [0.2, 0.25) is 0 Å². The smallest absolute Gasteiger partial charge is 0.147 e. The standard InChI is InChI=1S/C17H15N2.C6H3BrCl.ClH.Fe.H3N/c1-4-14-9-7-12-5-6-13-8-10-15(11(2)3)19-17(13)16(12)18-14;7-5-2-1-3-6(8)4-5;;;/h5-11H,1H2,2-3H3;1-3H;1H;;1H3. The molecule has 3 N–H and O–H groups in total. The Morgan fingerprint density at radius 2 is 1.57 bits per heavy atom. The number of halogens is 3. The molecule has 0 aliphatic carbocycles. The molecule has 0 unspecified atom stereocenters. The van der Waals surface area contributed by atoms with E-state index in [9.17, 15) is 0 Å². The van der Waals surface area contributed by atoms with Crippen molar-refractivity contribution in [3.8, 4) is 0 Å². The topological polar surface area (TPSA) is 60.8 Å². The molecule has 4 rings (SSSR count). The summed E-state index contributed by atoms with van der Waals surface area (Å²) in [6.07, 6.45) is 0. The molecule has 0 saturated carbocycles. The van der Waals surface area contributed by atoms with Gasteiger partial charge >= 0.3 is 185 Å². The van der Waals surface area contributed by atoms with Gasteiger partial charge in [0, 0.05) is 0 Å². The first-order valence-corrected chi connectivity index (χ1v) is 11.2. The summed E-state index contributed by atoms with van der Waals surface area (Å²) in [7, 11) is 0. The van der Waals surface area contributed by atoms with Crippen molar-refractivity contribution in [1.29, 1.82) is 0 Å². The van der Waals surface area contributed by atoms with Gasteiger partial charge in [-0.25, -0.2) is 0 Å². The molecule has 2 aromatic heterocycles. The molecule has 0 fully saturated rings. The van der Waals surface area contributed by atoms with Gasteiger partial charge in [-0.3, -0.25) is 0 Å². The van der Waals surface area contributed by atoms with Gasteiger partial charge in [-0.1, -0.05) is 0 Å². The fraction of sp³-hybridized carbons (Fsp3) is 0.130. The van der Waals surface area contributed by atoms with Gasteiger partial charge in [-0.05, 0) is 0 Å². The van der Waals surface area contributed by atoms with Crippen LogP contribution in [0.1, 0.15) is 31.2 Å². The van der Waals surface area contributed by atoms with Crippen molar-refractivity contribution >= 4 is 70.7 Å². The summed E-state index contributed by atoms with van der Waals surface area (Å²) in [5.74, 6) is 0.371. The second-order valence-corrected chi connectivity index (χ2v) is 9.55. The first-order chi connectivity index (χ1) is 13.4. The third kappa shape index (κ3) is 4.88. The molecule has 0 amide bonds. The van der Waals surface area contributed by atoms with E-state index in [-0.39, 0.29) is 18.6 Å². The first-order valence-electron chi connectivity index (χ1n) is 8.90. The van der Waals surface area contributed by atoms with E-state index >= 15 is 0 Å². The zero-order valence-electron chi connectivity index (χ0n) is 16.6. The van der Waals surface area contributed by atoms with Crippen molar-refractivity contribution in [2.75, 3.05) is 0 Å². The van der Waals surface area contributed by atoms with Crippen LogP contribution in [0.25, 0.3) is 26.3 Å². The normalized spacial score (nSPS) is 10.8. The Morgan fingerprint density at radius 3 is 2.20 bits per heavy atom. The number of pyridine rings is 2. The summed E-state index contributed by atoms with van der Waals surface area (Å²) in [5.41, 5.74) is 3.80. The molecule has 2 aromatic carbocycles. The van der Waals surface area contributed by atoms with Crippen LogP contribution in [-0.4, -0.2) is 9.97 Å². The summed E-state index contributed by atoms with van der Waals surface area (Å²) in [5, 5.41) is 2.90.